The van der Waals surface area contributed by atoms with Gasteiger partial charge in [-0.15, -0.1) is 0 Å². The van der Waals surface area contributed by atoms with Crippen LogP contribution in [-0.2, 0) is 9.59 Å². The number of carbonyl (C=O) groups is 2. The lowest BCUT2D eigenvalue weighted by molar-refractivity contribution is -0.143. The Morgan fingerprint density at radius 2 is 2.05 bits per heavy atom. The predicted molar refractivity (Wildman–Crippen MR) is 84.1 cm³/mol. The number of benzene rings is 1. The van der Waals surface area contributed by atoms with E-state index in [0.717, 1.165) is 0 Å². The molecule has 2 N–H and O–H groups in total. The van der Waals surface area contributed by atoms with Crippen LogP contribution in [-0.4, -0.2) is 41.5 Å². The molecule has 1 aromatic carbocycles. The van der Waals surface area contributed by atoms with Crippen molar-refractivity contribution in [2.75, 3.05) is 25.0 Å². The van der Waals surface area contributed by atoms with Gasteiger partial charge in [0.1, 0.15) is 5.82 Å². The number of carbonyl (C=O) groups excluding carboxylic acids is 1. The minimum Gasteiger partial charge on any atom is -0.481 e. The molecule has 1 saturated heterocycles. The van der Waals surface area contributed by atoms with Crippen molar-refractivity contribution in [2.45, 2.75) is 19.3 Å². The van der Waals surface area contributed by atoms with Gasteiger partial charge in [-0.1, -0.05) is 15.9 Å². The van der Waals surface area contributed by atoms with Crippen molar-refractivity contribution in [2.24, 2.45) is 5.92 Å². The molecule has 1 fully saturated rings. The number of carboxylic acids is 1. The van der Waals surface area contributed by atoms with Crippen LogP contribution >= 0.6 is 15.9 Å². The Balaban J connectivity index is 1.75. The van der Waals surface area contributed by atoms with Gasteiger partial charge in [0.25, 0.3) is 0 Å². The van der Waals surface area contributed by atoms with E-state index in [1.54, 1.807) is 6.07 Å². The predicted octanol–water partition coefficient (Wildman–Crippen LogP) is 2.71. The van der Waals surface area contributed by atoms with Crippen molar-refractivity contribution >= 4 is 33.5 Å². The molecule has 0 aliphatic carbocycles. The molecule has 1 aromatic rings. The van der Waals surface area contributed by atoms with Crippen LogP contribution in [0.3, 0.4) is 0 Å². The van der Waals surface area contributed by atoms with E-state index < -0.39 is 11.8 Å². The smallest absolute Gasteiger partial charge is 0.306 e. The van der Waals surface area contributed by atoms with Crippen molar-refractivity contribution in [3.05, 3.63) is 28.5 Å². The first-order chi connectivity index (χ1) is 10.5. The van der Waals surface area contributed by atoms with E-state index >= 15 is 0 Å². The van der Waals surface area contributed by atoms with Crippen LogP contribution in [0.4, 0.5) is 10.1 Å². The summed E-state index contributed by atoms with van der Waals surface area (Å²) in [6.45, 7) is 1.91. The number of halogens is 2. The molecule has 0 spiro atoms. The molecule has 0 saturated carbocycles. The molecule has 2 rings (SSSR count). The van der Waals surface area contributed by atoms with Gasteiger partial charge in [0, 0.05) is 17.4 Å². The molecule has 0 atom stereocenters. The summed E-state index contributed by atoms with van der Waals surface area (Å²) < 4.78 is 14.2. The fourth-order valence-corrected chi connectivity index (χ4v) is 2.80. The zero-order valence-electron chi connectivity index (χ0n) is 12.0. The second-order valence-corrected chi connectivity index (χ2v) is 6.29. The quantitative estimate of drug-likeness (QED) is 0.833. The Hall–Kier alpha value is -1.47. The molecule has 1 aliphatic rings. The van der Waals surface area contributed by atoms with Crippen LogP contribution in [0.15, 0.2) is 22.7 Å². The molecule has 0 radical (unpaired) electrons. The number of piperidine rings is 1. The summed E-state index contributed by atoms with van der Waals surface area (Å²) in [5.41, 5.74) is 0.165. The van der Waals surface area contributed by atoms with E-state index in [0.29, 0.717) is 36.9 Å². The van der Waals surface area contributed by atoms with Gasteiger partial charge in [0.15, 0.2) is 0 Å². The minimum absolute atomic E-state index is 0.165. The van der Waals surface area contributed by atoms with Gasteiger partial charge >= 0.3 is 5.97 Å². The van der Waals surface area contributed by atoms with Crippen LogP contribution in [0.2, 0.25) is 0 Å². The average molecular weight is 373 g/mol. The highest BCUT2D eigenvalue weighted by atomic mass is 79.9. The molecule has 120 valence electrons. The van der Waals surface area contributed by atoms with E-state index in [1.807, 2.05) is 0 Å². The molecular formula is C15H18BrFN2O3. The highest BCUT2D eigenvalue weighted by Crippen LogP contribution is 2.20. The largest absolute Gasteiger partial charge is 0.481 e. The monoisotopic (exact) mass is 372 g/mol. The van der Waals surface area contributed by atoms with Crippen molar-refractivity contribution in [3.63, 3.8) is 0 Å². The number of aliphatic carboxylic acids is 1. The minimum atomic E-state index is -0.747. The van der Waals surface area contributed by atoms with E-state index in [1.165, 1.54) is 12.1 Å². The Labute approximate surface area is 136 Å². The fourth-order valence-electron chi connectivity index (χ4n) is 2.47. The third-order valence-corrected chi connectivity index (χ3v) is 4.29. The molecule has 7 heteroatoms. The van der Waals surface area contributed by atoms with Crippen molar-refractivity contribution in [1.82, 2.24) is 4.90 Å². The maximum absolute atomic E-state index is 13.6. The summed E-state index contributed by atoms with van der Waals surface area (Å²) in [5, 5.41) is 11.5. The zero-order chi connectivity index (χ0) is 16.1. The van der Waals surface area contributed by atoms with E-state index in [-0.39, 0.29) is 23.9 Å². The molecule has 5 nitrogen and oxygen atoms in total. The summed E-state index contributed by atoms with van der Waals surface area (Å²) in [7, 11) is 0. The van der Waals surface area contributed by atoms with Gasteiger partial charge in [0.05, 0.1) is 11.6 Å². The van der Waals surface area contributed by atoms with Gasteiger partial charge in [0.2, 0.25) is 5.91 Å². The van der Waals surface area contributed by atoms with Crippen LogP contribution in [0.1, 0.15) is 19.3 Å². The van der Waals surface area contributed by atoms with Crippen molar-refractivity contribution in [1.29, 1.82) is 0 Å². The third-order valence-electron chi connectivity index (χ3n) is 3.80. The molecule has 0 unspecified atom stereocenters. The number of anilines is 1. The molecule has 1 heterocycles. The standard InChI is InChI=1S/C15H18BrFN2O3/c16-11-1-2-13(12(17)9-11)18-14(20)5-8-19-6-3-10(4-7-19)15(21)22/h1-2,9-10H,3-8H2,(H,18,20)(H,21,22). The number of rotatable bonds is 5. The van der Waals surface area contributed by atoms with Crippen LogP contribution in [0.25, 0.3) is 0 Å². The maximum Gasteiger partial charge on any atom is 0.306 e. The average Bonchev–Trinajstić information content (AvgIpc) is 2.48. The number of amides is 1. The molecule has 1 amide bonds. The lowest BCUT2D eigenvalue weighted by Gasteiger charge is -2.29. The molecular weight excluding hydrogens is 355 g/mol. The SMILES string of the molecule is O=C(CCN1CCC(C(=O)O)CC1)Nc1ccc(Br)cc1F. The number of carboxylic acid groups (broad SMARTS) is 1. The zero-order valence-corrected chi connectivity index (χ0v) is 13.6. The van der Waals surface area contributed by atoms with E-state index in [4.69, 9.17) is 5.11 Å². The molecule has 22 heavy (non-hydrogen) atoms. The summed E-state index contributed by atoms with van der Waals surface area (Å²) in [6, 6.07) is 4.47. The highest BCUT2D eigenvalue weighted by Gasteiger charge is 2.24. The number of nitrogens with one attached hydrogen (secondary N) is 1. The van der Waals surface area contributed by atoms with Gasteiger partial charge < -0.3 is 15.3 Å². The molecule has 0 bridgehead atoms. The van der Waals surface area contributed by atoms with Crippen LogP contribution in [0.5, 0.6) is 0 Å². The van der Waals surface area contributed by atoms with Gasteiger partial charge in [-0.25, -0.2) is 4.39 Å². The number of likely N-dealkylation sites (tertiary alicyclic amines) is 1. The molecule has 1 aliphatic heterocycles. The first kappa shape index (κ1) is 16.9. The highest BCUT2D eigenvalue weighted by molar-refractivity contribution is 9.10. The second-order valence-electron chi connectivity index (χ2n) is 5.38. The summed E-state index contributed by atoms with van der Waals surface area (Å²) in [4.78, 5) is 24.8. The lowest BCUT2D eigenvalue weighted by atomic mass is 9.97. The molecule has 0 aromatic heterocycles. The van der Waals surface area contributed by atoms with E-state index in [9.17, 15) is 14.0 Å². The summed E-state index contributed by atoms with van der Waals surface area (Å²) in [6.07, 6.45) is 1.48. The normalized spacial score (nSPS) is 16.5. The van der Waals surface area contributed by atoms with Crippen LogP contribution < -0.4 is 5.32 Å². The summed E-state index contributed by atoms with van der Waals surface area (Å²) >= 11 is 3.16. The summed E-state index contributed by atoms with van der Waals surface area (Å²) in [5.74, 6) is -1.75. The van der Waals surface area contributed by atoms with Gasteiger partial charge in [-0.05, 0) is 44.1 Å². The van der Waals surface area contributed by atoms with Gasteiger partial charge in [-0.3, -0.25) is 9.59 Å². The Morgan fingerprint density at radius 1 is 1.36 bits per heavy atom. The number of hydrogen-bond acceptors (Lipinski definition) is 3. The topological polar surface area (TPSA) is 69.6 Å². The van der Waals surface area contributed by atoms with Crippen LogP contribution in [0, 0.1) is 11.7 Å². The van der Waals surface area contributed by atoms with Crippen molar-refractivity contribution in [3.8, 4) is 0 Å². The number of nitrogens with zero attached hydrogens (tertiary/aromatic N) is 1. The Morgan fingerprint density at radius 3 is 2.64 bits per heavy atom. The van der Waals surface area contributed by atoms with Crippen molar-refractivity contribution < 1.29 is 19.1 Å². The first-order valence-corrected chi connectivity index (χ1v) is 7.95. The second kappa shape index (κ2) is 7.69. The van der Waals surface area contributed by atoms with E-state index in [2.05, 4.69) is 26.1 Å². The maximum atomic E-state index is 13.6. The first-order valence-electron chi connectivity index (χ1n) is 7.16. The Bertz CT molecular complexity index is 560. The number of hydrogen-bond donors (Lipinski definition) is 2. The fraction of sp³-hybridized carbons (Fsp3) is 0.467. The lowest BCUT2D eigenvalue weighted by Crippen LogP contribution is -2.37. The Kier molecular flexibility index (Phi) is 5.90. The third kappa shape index (κ3) is 4.78. The van der Waals surface area contributed by atoms with Gasteiger partial charge in [-0.2, -0.15) is 0 Å².